The lowest BCUT2D eigenvalue weighted by atomic mass is 10.1. The third kappa shape index (κ3) is 2.91. The fourth-order valence-electron chi connectivity index (χ4n) is 1.37. The van der Waals surface area contributed by atoms with Crippen molar-refractivity contribution in [3.8, 4) is 0 Å². The van der Waals surface area contributed by atoms with E-state index in [4.69, 9.17) is 0 Å². The zero-order valence-corrected chi connectivity index (χ0v) is 12.2. The monoisotopic (exact) mass is 326 g/mol. The van der Waals surface area contributed by atoms with Crippen LogP contribution in [0.3, 0.4) is 0 Å². The third-order valence-electron chi connectivity index (χ3n) is 2.25. The molecule has 94 valence electrons. The molecule has 0 aromatic carbocycles. The Balaban J connectivity index is 2.17. The van der Waals surface area contributed by atoms with Crippen LogP contribution in [-0.2, 0) is 0 Å². The van der Waals surface area contributed by atoms with E-state index in [0.717, 1.165) is 21.8 Å². The molecule has 0 fully saturated rings. The normalized spacial score (nSPS) is 10.7. The molecule has 0 atom stereocenters. The Morgan fingerprint density at radius 2 is 2.22 bits per heavy atom. The van der Waals surface area contributed by atoms with Crippen LogP contribution in [-0.4, -0.2) is 20.5 Å². The largest absolute Gasteiger partial charge is 0.320 e. The molecule has 0 radical (unpaired) electrons. The van der Waals surface area contributed by atoms with Crippen LogP contribution in [0.4, 0.5) is 5.69 Å². The Morgan fingerprint density at radius 3 is 2.83 bits per heavy atom. The van der Waals surface area contributed by atoms with Gasteiger partial charge in [-0.05, 0) is 45.5 Å². The lowest BCUT2D eigenvalue weighted by Crippen LogP contribution is -2.13. The first-order valence-corrected chi connectivity index (χ1v) is 6.89. The lowest BCUT2D eigenvalue weighted by Gasteiger charge is -2.05. The maximum absolute atomic E-state index is 12.1. The number of nitrogens with zero attached hydrogens (tertiary/aromatic N) is 3. The molecule has 5 nitrogen and oxygen atoms in total. The van der Waals surface area contributed by atoms with Gasteiger partial charge in [0.25, 0.3) is 5.91 Å². The Morgan fingerprint density at radius 1 is 1.44 bits per heavy atom. The summed E-state index contributed by atoms with van der Waals surface area (Å²) in [5.41, 5.74) is 1.37. The van der Waals surface area contributed by atoms with Crippen molar-refractivity contribution in [3.63, 3.8) is 0 Å². The number of nitrogens with one attached hydrogen (secondary N) is 1. The smallest absolute Gasteiger partial charge is 0.269 e. The van der Waals surface area contributed by atoms with Gasteiger partial charge in [0.1, 0.15) is 9.48 Å². The number of hydrogen-bond acceptors (Lipinski definition) is 5. The molecule has 0 spiro atoms. The number of anilines is 1. The molecule has 1 amide bonds. The van der Waals surface area contributed by atoms with Gasteiger partial charge in [0.05, 0.1) is 17.6 Å². The molecular weight excluding hydrogens is 316 g/mol. The van der Waals surface area contributed by atoms with Crippen molar-refractivity contribution in [1.29, 1.82) is 0 Å². The van der Waals surface area contributed by atoms with Crippen LogP contribution in [0.1, 0.15) is 35.1 Å². The maximum Gasteiger partial charge on any atom is 0.269 e. The Hall–Kier alpha value is -1.34. The number of carbonyl (C=O) groups excluding carboxylic acids is 1. The standard InChI is InChI=1S/C11H11BrN4OS/c1-6(2)9-10(18-16-15-9)11(17)14-7-3-4-8(12)13-5-7/h3-6H,1-2H3,(H,14,17). The van der Waals surface area contributed by atoms with E-state index in [1.807, 2.05) is 13.8 Å². The van der Waals surface area contributed by atoms with E-state index in [1.54, 1.807) is 18.3 Å². The molecule has 0 saturated carbocycles. The zero-order valence-electron chi connectivity index (χ0n) is 9.85. The molecule has 7 heteroatoms. The second kappa shape index (κ2) is 5.53. The summed E-state index contributed by atoms with van der Waals surface area (Å²) in [5.74, 6) is -0.0228. The van der Waals surface area contributed by atoms with Gasteiger partial charge in [-0.2, -0.15) is 0 Å². The molecule has 0 aliphatic rings. The first-order valence-electron chi connectivity index (χ1n) is 5.33. The van der Waals surface area contributed by atoms with Crippen LogP contribution < -0.4 is 5.32 Å². The van der Waals surface area contributed by atoms with E-state index in [-0.39, 0.29) is 11.8 Å². The van der Waals surface area contributed by atoms with E-state index >= 15 is 0 Å². The van der Waals surface area contributed by atoms with Crippen LogP contribution in [0.5, 0.6) is 0 Å². The van der Waals surface area contributed by atoms with Gasteiger partial charge in [0, 0.05) is 0 Å². The molecule has 2 aromatic rings. The van der Waals surface area contributed by atoms with Crippen molar-refractivity contribution in [2.45, 2.75) is 19.8 Å². The van der Waals surface area contributed by atoms with Crippen molar-refractivity contribution < 1.29 is 4.79 Å². The van der Waals surface area contributed by atoms with Crippen molar-refractivity contribution in [1.82, 2.24) is 14.6 Å². The van der Waals surface area contributed by atoms with Crippen molar-refractivity contribution in [2.75, 3.05) is 5.32 Å². The Bertz CT molecular complexity index is 552. The summed E-state index contributed by atoms with van der Waals surface area (Å²) in [6, 6.07) is 3.54. The predicted octanol–water partition coefficient (Wildman–Crippen LogP) is 3.07. The van der Waals surface area contributed by atoms with Crippen molar-refractivity contribution in [3.05, 3.63) is 33.5 Å². The predicted molar refractivity (Wildman–Crippen MR) is 73.9 cm³/mol. The summed E-state index contributed by atoms with van der Waals surface area (Å²) in [4.78, 5) is 16.7. The zero-order chi connectivity index (χ0) is 13.1. The average Bonchev–Trinajstić information content (AvgIpc) is 2.81. The van der Waals surface area contributed by atoms with E-state index in [9.17, 15) is 4.79 Å². The fourth-order valence-corrected chi connectivity index (χ4v) is 2.32. The highest BCUT2D eigenvalue weighted by Crippen LogP contribution is 2.21. The minimum Gasteiger partial charge on any atom is -0.320 e. The molecule has 1 N–H and O–H groups in total. The van der Waals surface area contributed by atoms with Gasteiger partial charge < -0.3 is 5.32 Å². The fraction of sp³-hybridized carbons (Fsp3) is 0.273. The first-order chi connectivity index (χ1) is 8.58. The second-order valence-corrected chi connectivity index (χ2v) is 5.53. The summed E-state index contributed by atoms with van der Waals surface area (Å²) < 4.78 is 4.55. The van der Waals surface area contributed by atoms with E-state index < -0.39 is 0 Å². The highest BCUT2D eigenvalue weighted by atomic mass is 79.9. The topological polar surface area (TPSA) is 67.8 Å². The molecule has 18 heavy (non-hydrogen) atoms. The van der Waals surface area contributed by atoms with Gasteiger partial charge in [0.15, 0.2) is 0 Å². The molecule has 0 aliphatic carbocycles. The number of pyridine rings is 1. The highest BCUT2D eigenvalue weighted by molar-refractivity contribution is 9.10. The number of amides is 1. The van der Waals surface area contributed by atoms with Crippen LogP contribution in [0.25, 0.3) is 0 Å². The summed E-state index contributed by atoms with van der Waals surface area (Å²) in [7, 11) is 0. The number of aromatic nitrogens is 3. The number of rotatable bonds is 3. The van der Waals surface area contributed by atoms with E-state index in [0.29, 0.717) is 10.6 Å². The van der Waals surface area contributed by atoms with Gasteiger partial charge in [-0.3, -0.25) is 4.79 Å². The van der Waals surface area contributed by atoms with Crippen molar-refractivity contribution >= 4 is 39.1 Å². The molecule has 2 rings (SSSR count). The number of halogens is 1. The number of carbonyl (C=O) groups is 1. The maximum atomic E-state index is 12.1. The van der Waals surface area contributed by atoms with Crippen LogP contribution in [0, 0.1) is 0 Å². The highest BCUT2D eigenvalue weighted by Gasteiger charge is 2.18. The lowest BCUT2D eigenvalue weighted by molar-refractivity contribution is 0.102. The molecule has 2 aromatic heterocycles. The summed E-state index contributed by atoms with van der Waals surface area (Å²) in [6.45, 7) is 3.96. The minimum atomic E-state index is -0.196. The first kappa shape index (κ1) is 13.1. The van der Waals surface area contributed by atoms with Gasteiger partial charge >= 0.3 is 0 Å². The Kier molecular flexibility index (Phi) is 4.03. The van der Waals surface area contributed by atoms with Crippen molar-refractivity contribution in [2.24, 2.45) is 0 Å². The second-order valence-electron chi connectivity index (χ2n) is 3.97. The van der Waals surface area contributed by atoms with E-state index in [1.165, 1.54) is 0 Å². The molecule has 0 unspecified atom stereocenters. The minimum absolute atomic E-state index is 0.174. The molecule has 0 bridgehead atoms. The molecular formula is C11H11BrN4OS. The third-order valence-corrected chi connectivity index (χ3v) is 3.46. The van der Waals surface area contributed by atoms with E-state index in [2.05, 4.69) is 35.8 Å². The molecule has 0 saturated heterocycles. The van der Waals surface area contributed by atoms with Crippen LogP contribution >= 0.6 is 27.5 Å². The van der Waals surface area contributed by atoms with Gasteiger partial charge in [0.2, 0.25) is 0 Å². The summed E-state index contributed by atoms with van der Waals surface area (Å²) in [5, 5.41) is 6.75. The van der Waals surface area contributed by atoms with Crippen LogP contribution in [0.15, 0.2) is 22.9 Å². The SMILES string of the molecule is CC(C)c1nnsc1C(=O)Nc1ccc(Br)nc1. The Labute approximate surface area is 117 Å². The molecule has 0 aliphatic heterocycles. The van der Waals surface area contributed by atoms with Crippen LogP contribution in [0.2, 0.25) is 0 Å². The van der Waals surface area contributed by atoms with Gasteiger partial charge in [-0.25, -0.2) is 4.98 Å². The number of hydrogen-bond donors (Lipinski definition) is 1. The van der Waals surface area contributed by atoms with Gasteiger partial charge in [-0.1, -0.05) is 18.3 Å². The van der Waals surface area contributed by atoms with Gasteiger partial charge in [-0.15, -0.1) is 5.10 Å². The average molecular weight is 327 g/mol. The summed E-state index contributed by atoms with van der Waals surface area (Å²) in [6.07, 6.45) is 1.59. The quantitative estimate of drug-likeness (QED) is 0.880. The summed E-state index contributed by atoms with van der Waals surface area (Å²) >= 11 is 4.34. The molecule has 2 heterocycles.